The maximum atomic E-state index is 12.6. The van der Waals surface area contributed by atoms with Gasteiger partial charge >= 0.3 is 24.1 Å². The Hall–Kier alpha value is -3.14. The topological polar surface area (TPSA) is 140 Å². The molecule has 10 nitrogen and oxygen atoms in total. The van der Waals surface area contributed by atoms with E-state index >= 15 is 0 Å². The molecular formula is C28H43NO9. The van der Waals surface area contributed by atoms with E-state index in [1.807, 2.05) is 41.5 Å². The lowest BCUT2D eigenvalue weighted by Crippen LogP contribution is -2.51. The molecule has 0 fully saturated rings. The first-order chi connectivity index (χ1) is 17.7. The monoisotopic (exact) mass is 537 g/mol. The lowest BCUT2D eigenvalue weighted by Gasteiger charge is -2.26. The lowest BCUT2D eigenvalue weighted by molar-refractivity contribution is -0.147. The van der Waals surface area contributed by atoms with Gasteiger partial charge in [-0.2, -0.15) is 0 Å². The van der Waals surface area contributed by atoms with E-state index in [0.29, 0.717) is 17.9 Å². The quantitative estimate of drug-likeness (QED) is 0.249. The largest absolute Gasteiger partial charge is 0.508 e. The van der Waals surface area contributed by atoms with Crippen LogP contribution in [0.15, 0.2) is 18.2 Å². The molecule has 10 heteroatoms. The van der Waals surface area contributed by atoms with Crippen molar-refractivity contribution >= 4 is 24.1 Å². The molecule has 214 valence electrons. The Morgan fingerprint density at radius 1 is 0.816 bits per heavy atom. The third kappa shape index (κ3) is 12.4. The SMILES string of the molecule is COC(=O)[C@@](N)(CCOC(=O)OCCC(C)C)Cc1ccc(OC(=O)CC(C)C)c(OC(=O)CC(C)C)c1. The van der Waals surface area contributed by atoms with Gasteiger partial charge in [0.2, 0.25) is 0 Å². The summed E-state index contributed by atoms with van der Waals surface area (Å²) in [6.45, 7) is 11.6. The zero-order valence-electron chi connectivity index (χ0n) is 23.7. The van der Waals surface area contributed by atoms with Crippen molar-refractivity contribution in [1.29, 1.82) is 0 Å². The molecule has 0 spiro atoms. The number of hydrogen-bond acceptors (Lipinski definition) is 10. The molecule has 0 aliphatic heterocycles. The molecule has 0 amide bonds. The number of carbonyl (C=O) groups is 4. The number of ether oxygens (including phenoxy) is 5. The summed E-state index contributed by atoms with van der Waals surface area (Å²) < 4.78 is 26.0. The minimum absolute atomic E-state index is 0.0274. The van der Waals surface area contributed by atoms with Gasteiger partial charge in [0.1, 0.15) is 5.54 Å². The van der Waals surface area contributed by atoms with E-state index in [2.05, 4.69) is 0 Å². The van der Waals surface area contributed by atoms with E-state index in [4.69, 9.17) is 29.4 Å². The first kappa shape index (κ1) is 32.9. The number of nitrogens with two attached hydrogens (primary N) is 1. The van der Waals surface area contributed by atoms with Crippen molar-refractivity contribution in [2.24, 2.45) is 23.5 Å². The Kier molecular flexibility index (Phi) is 13.8. The van der Waals surface area contributed by atoms with E-state index in [-0.39, 0.29) is 62.2 Å². The Labute approximate surface area is 225 Å². The molecule has 0 aliphatic rings. The highest BCUT2D eigenvalue weighted by molar-refractivity contribution is 5.81. The molecule has 0 radical (unpaired) electrons. The minimum atomic E-state index is -1.55. The predicted molar refractivity (Wildman–Crippen MR) is 141 cm³/mol. The maximum absolute atomic E-state index is 12.6. The van der Waals surface area contributed by atoms with Gasteiger partial charge in [-0.3, -0.25) is 14.4 Å². The van der Waals surface area contributed by atoms with Crippen molar-refractivity contribution in [3.63, 3.8) is 0 Å². The van der Waals surface area contributed by atoms with Crippen LogP contribution < -0.4 is 15.2 Å². The third-order valence-electron chi connectivity index (χ3n) is 5.40. The highest BCUT2D eigenvalue weighted by Gasteiger charge is 2.36. The zero-order valence-corrected chi connectivity index (χ0v) is 23.7. The summed E-state index contributed by atoms with van der Waals surface area (Å²) in [5, 5.41) is 0. The average molecular weight is 538 g/mol. The fourth-order valence-corrected chi connectivity index (χ4v) is 3.39. The number of benzene rings is 1. The van der Waals surface area contributed by atoms with Crippen molar-refractivity contribution in [2.75, 3.05) is 20.3 Å². The van der Waals surface area contributed by atoms with Crippen LogP contribution >= 0.6 is 0 Å². The standard InChI is InChI=1S/C28H43NO9/c1-18(2)10-12-35-27(33)36-13-11-28(29,26(32)34-7)17-21-8-9-22(37-24(30)14-19(3)4)23(16-21)38-25(31)15-20(5)6/h8-9,16,18-20H,10-15,17,29H2,1-7H3/t28-/m1/s1. The molecule has 0 aliphatic carbocycles. The van der Waals surface area contributed by atoms with Gasteiger partial charge in [-0.25, -0.2) is 4.79 Å². The van der Waals surface area contributed by atoms with Gasteiger partial charge in [0.25, 0.3) is 0 Å². The van der Waals surface area contributed by atoms with Crippen LogP contribution in [0, 0.1) is 17.8 Å². The van der Waals surface area contributed by atoms with Crippen molar-refractivity contribution in [3.8, 4) is 11.5 Å². The number of methoxy groups -OCH3 is 1. The molecule has 1 atom stereocenters. The molecule has 0 bridgehead atoms. The van der Waals surface area contributed by atoms with Gasteiger partial charge in [-0.15, -0.1) is 0 Å². The summed E-state index contributed by atoms with van der Waals surface area (Å²) in [6.07, 6.45) is 0.134. The van der Waals surface area contributed by atoms with Crippen LogP contribution in [0.5, 0.6) is 11.5 Å². The smallest absolute Gasteiger partial charge is 0.468 e. The van der Waals surface area contributed by atoms with Crippen LogP contribution in [-0.4, -0.2) is 49.9 Å². The molecule has 1 aromatic carbocycles. The zero-order chi connectivity index (χ0) is 28.9. The first-order valence-corrected chi connectivity index (χ1v) is 13.0. The summed E-state index contributed by atoms with van der Waals surface area (Å²) >= 11 is 0. The van der Waals surface area contributed by atoms with Gasteiger partial charge < -0.3 is 29.4 Å². The molecule has 1 aromatic rings. The first-order valence-electron chi connectivity index (χ1n) is 13.0. The Morgan fingerprint density at radius 2 is 1.37 bits per heavy atom. The van der Waals surface area contributed by atoms with Crippen molar-refractivity contribution in [1.82, 2.24) is 0 Å². The summed E-state index contributed by atoms with van der Waals surface area (Å²) in [4.78, 5) is 49.1. The highest BCUT2D eigenvalue weighted by atomic mass is 16.7. The van der Waals surface area contributed by atoms with E-state index in [1.54, 1.807) is 6.07 Å². The Bertz CT molecular complexity index is 942. The molecule has 0 heterocycles. The van der Waals surface area contributed by atoms with Crippen molar-refractivity contribution in [3.05, 3.63) is 23.8 Å². The average Bonchev–Trinajstić information content (AvgIpc) is 2.78. The van der Waals surface area contributed by atoms with E-state index in [1.165, 1.54) is 19.2 Å². The second-order valence-electron chi connectivity index (χ2n) is 10.6. The van der Waals surface area contributed by atoms with Crippen LogP contribution in [0.2, 0.25) is 0 Å². The summed E-state index contributed by atoms with van der Waals surface area (Å²) in [7, 11) is 1.21. The van der Waals surface area contributed by atoms with Gasteiger partial charge in [-0.1, -0.05) is 47.6 Å². The fraction of sp³-hybridized carbons (Fsp3) is 0.643. The highest BCUT2D eigenvalue weighted by Crippen LogP contribution is 2.31. The maximum Gasteiger partial charge on any atom is 0.508 e. The van der Waals surface area contributed by atoms with Crippen molar-refractivity contribution < 1.29 is 42.9 Å². The Morgan fingerprint density at radius 3 is 1.89 bits per heavy atom. The fourth-order valence-electron chi connectivity index (χ4n) is 3.39. The molecule has 0 saturated carbocycles. The second kappa shape index (κ2) is 16.0. The van der Waals surface area contributed by atoms with Crippen LogP contribution in [0.3, 0.4) is 0 Å². The molecular weight excluding hydrogens is 494 g/mol. The van der Waals surface area contributed by atoms with Gasteiger partial charge in [0, 0.05) is 25.7 Å². The normalized spacial score (nSPS) is 12.7. The van der Waals surface area contributed by atoms with Gasteiger partial charge in [-0.05, 0) is 41.9 Å². The Balaban J connectivity index is 3.07. The minimum Gasteiger partial charge on any atom is -0.468 e. The number of carbonyl (C=O) groups excluding carboxylic acids is 4. The molecule has 38 heavy (non-hydrogen) atoms. The van der Waals surface area contributed by atoms with E-state index < -0.39 is 29.6 Å². The third-order valence-corrected chi connectivity index (χ3v) is 5.40. The van der Waals surface area contributed by atoms with Gasteiger partial charge in [0.05, 0.1) is 20.3 Å². The van der Waals surface area contributed by atoms with Crippen LogP contribution in [0.1, 0.15) is 72.8 Å². The summed E-state index contributed by atoms with van der Waals surface area (Å²) in [5.41, 5.74) is 5.37. The number of hydrogen-bond donors (Lipinski definition) is 1. The van der Waals surface area contributed by atoms with E-state index in [9.17, 15) is 19.2 Å². The van der Waals surface area contributed by atoms with Crippen LogP contribution in [0.4, 0.5) is 4.79 Å². The number of esters is 3. The number of rotatable bonds is 15. The van der Waals surface area contributed by atoms with Crippen LogP contribution in [0.25, 0.3) is 0 Å². The predicted octanol–water partition coefficient (Wildman–Crippen LogP) is 4.59. The molecule has 1 rings (SSSR count). The molecule has 0 saturated heterocycles. The molecule has 2 N–H and O–H groups in total. The molecule has 0 unspecified atom stereocenters. The lowest BCUT2D eigenvalue weighted by atomic mass is 9.88. The summed E-state index contributed by atoms with van der Waals surface area (Å²) in [5.74, 6) is -1.01. The van der Waals surface area contributed by atoms with Gasteiger partial charge in [0.15, 0.2) is 11.5 Å². The molecule has 0 aromatic heterocycles. The van der Waals surface area contributed by atoms with Crippen molar-refractivity contribution in [2.45, 2.75) is 79.2 Å². The second-order valence-corrected chi connectivity index (χ2v) is 10.6. The van der Waals surface area contributed by atoms with Crippen LogP contribution in [-0.2, 0) is 35.0 Å². The summed E-state index contributed by atoms with van der Waals surface area (Å²) in [6, 6.07) is 4.61. The van der Waals surface area contributed by atoms with E-state index in [0.717, 1.165) is 0 Å².